The molecule has 1 aromatic carbocycles. The van der Waals surface area contributed by atoms with E-state index in [4.69, 9.17) is 4.42 Å². The van der Waals surface area contributed by atoms with Crippen LogP contribution in [-0.4, -0.2) is 31.9 Å². The van der Waals surface area contributed by atoms with E-state index in [2.05, 4.69) is 46.1 Å². The number of nitrogens with one attached hydrogen (secondary N) is 3. The van der Waals surface area contributed by atoms with Crippen LogP contribution in [0.4, 0.5) is 0 Å². The molecule has 3 N–H and O–H groups in total. The number of aromatic nitrogens is 1. The van der Waals surface area contributed by atoms with Gasteiger partial charge in [-0.05, 0) is 31.9 Å². The standard InChI is InChI=1S/C22H35N5O3S/c1-7-23-21(26-14-20-24-13-19(30-20)22(4,5)6)25-12-17-8-10-18(11-9-17)15-31(28,29)27-16(2)3/h8-11,13,16,27H,7,12,14-15H2,1-6H3,(H2,23,25,26). The first-order chi connectivity index (χ1) is 14.5. The van der Waals surface area contributed by atoms with Gasteiger partial charge in [-0.3, -0.25) is 0 Å². The molecule has 9 heteroatoms. The summed E-state index contributed by atoms with van der Waals surface area (Å²) in [6.45, 7) is 13.5. The Kier molecular flexibility index (Phi) is 8.64. The number of rotatable bonds is 9. The Morgan fingerprint density at radius 2 is 1.77 bits per heavy atom. The van der Waals surface area contributed by atoms with Gasteiger partial charge in [0.1, 0.15) is 5.76 Å². The average molecular weight is 450 g/mol. The number of sulfonamides is 1. The van der Waals surface area contributed by atoms with E-state index in [0.717, 1.165) is 23.4 Å². The van der Waals surface area contributed by atoms with Crippen LogP contribution in [0.2, 0.25) is 0 Å². The molecule has 2 aromatic rings. The van der Waals surface area contributed by atoms with Crippen molar-refractivity contribution >= 4 is 16.0 Å². The largest absolute Gasteiger partial charge is 0.443 e. The summed E-state index contributed by atoms with van der Waals surface area (Å²) in [5.41, 5.74) is 1.64. The van der Waals surface area contributed by atoms with Crippen LogP contribution in [0.3, 0.4) is 0 Å². The minimum atomic E-state index is -3.33. The van der Waals surface area contributed by atoms with Crippen LogP contribution >= 0.6 is 0 Å². The van der Waals surface area contributed by atoms with E-state index < -0.39 is 10.0 Å². The van der Waals surface area contributed by atoms with Crippen LogP contribution in [-0.2, 0) is 34.3 Å². The van der Waals surface area contributed by atoms with Crippen LogP contribution in [0.5, 0.6) is 0 Å². The summed E-state index contributed by atoms with van der Waals surface area (Å²) in [4.78, 5) is 8.92. The fraction of sp³-hybridized carbons (Fsp3) is 0.545. The molecule has 0 unspecified atom stereocenters. The van der Waals surface area contributed by atoms with Crippen molar-refractivity contribution in [2.45, 2.75) is 71.8 Å². The third kappa shape index (κ3) is 8.70. The number of oxazole rings is 1. The molecule has 2 rings (SSSR count). The van der Waals surface area contributed by atoms with Gasteiger partial charge in [-0.1, -0.05) is 45.0 Å². The summed E-state index contributed by atoms with van der Waals surface area (Å²) >= 11 is 0. The summed E-state index contributed by atoms with van der Waals surface area (Å²) < 4.78 is 32.5. The Balaban J connectivity index is 1.96. The Morgan fingerprint density at radius 1 is 1.13 bits per heavy atom. The van der Waals surface area contributed by atoms with Gasteiger partial charge in [0, 0.05) is 18.0 Å². The second-order valence-electron chi connectivity index (χ2n) is 8.77. The lowest BCUT2D eigenvalue weighted by molar-refractivity contribution is 0.379. The van der Waals surface area contributed by atoms with Gasteiger partial charge in [-0.15, -0.1) is 0 Å². The number of benzene rings is 1. The average Bonchev–Trinajstić information content (AvgIpc) is 3.13. The Morgan fingerprint density at radius 3 is 2.32 bits per heavy atom. The molecule has 0 fully saturated rings. The monoisotopic (exact) mass is 449 g/mol. The second-order valence-corrected chi connectivity index (χ2v) is 10.5. The molecule has 0 amide bonds. The number of hydrogen-bond acceptors (Lipinski definition) is 5. The zero-order chi connectivity index (χ0) is 23.1. The molecular formula is C22H35N5O3S. The van der Waals surface area contributed by atoms with Crippen LogP contribution < -0.4 is 15.4 Å². The molecule has 172 valence electrons. The van der Waals surface area contributed by atoms with Crippen LogP contribution in [0.1, 0.15) is 64.3 Å². The molecule has 0 saturated carbocycles. The zero-order valence-corrected chi connectivity index (χ0v) is 20.1. The SMILES string of the molecule is CCNC(=NCc1ccc(CS(=O)(=O)NC(C)C)cc1)NCc1ncc(C(C)(C)C)o1. The van der Waals surface area contributed by atoms with Crippen molar-refractivity contribution in [3.8, 4) is 0 Å². The van der Waals surface area contributed by atoms with E-state index >= 15 is 0 Å². The fourth-order valence-electron chi connectivity index (χ4n) is 2.77. The quantitative estimate of drug-likeness (QED) is 0.401. The molecule has 31 heavy (non-hydrogen) atoms. The normalized spacial score (nSPS) is 12.9. The third-order valence-electron chi connectivity index (χ3n) is 4.26. The summed E-state index contributed by atoms with van der Waals surface area (Å²) in [7, 11) is -3.33. The molecule has 0 saturated heterocycles. The first-order valence-corrected chi connectivity index (χ1v) is 12.2. The second kappa shape index (κ2) is 10.8. The van der Waals surface area contributed by atoms with Gasteiger partial charge in [0.05, 0.1) is 25.0 Å². The smallest absolute Gasteiger partial charge is 0.216 e. The summed E-state index contributed by atoms with van der Waals surface area (Å²) in [6, 6.07) is 7.33. The highest BCUT2D eigenvalue weighted by Crippen LogP contribution is 2.22. The van der Waals surface area contributed by atoms with Gasteiger partial charge < -0.3 is 15.1 Å². The summed E-state index contributed by atoms with van der Waals surface area (Å²) in [6.07, 6.45) is 1.76. The summed E-state index contributed by atoms with van der Waals surface area (Å²) in [5, 5.41) is 6.43. The lowest BCUT2D eigenvalue weighted by atomic mass is 9.94. The molecule has 1 heterocycles. The highest BCUT2D eigenvalue weighted by molar-refractivity contribution is 7.88. The van der Waals surface area contributed by atoms with Gasteiger partial charge in [0.25, 0.3) is 0 Å². The summed E-state index contributed by atoms with van der Waals surface area (Å²) in [5.74, 6) is 2.07. The number of hydrogen-bond donors (Lipinski definition) is 3. The number of nitrogens with zero attached hydrogens (tertiary/aromatic N) is 2. The Hall–Kier alpha value is -2.39. The fourth-order valence-corrected chi connectivity index (χ4v) is 4.20. The van der Waals surface area contributed by atoms with Crippen molar-refractivity contribution in [3.05, 3.63) is 53.2 Å². The van der Waals surface area contributed by atoms with Gasteiger partial charge >= 0.3 is 0 Å². The van der Waals surface area contributed by atoms with E-state index in [1.165, 1.54) is 0 Å². The van der Waals surface area contributed by atoms with Gasteiger partial charge in [-0.25, -0.2) is 23.1 Å². The van der Waals surface area contributed by atoms with Crippen LogP contribution in [0, 0.1) is 0 Å². The lowest BCUT2D eigenvalue weighted by Gasteiger charge is -2.13. The highest BCUT2D eigenvalue weighted by Gasteiger charge is 2.19. The number of guanidine groups is 1. The van der Waals surface area contributed by atoms with Crippen LogP contribution in [0.25, 0.3) is 0 Å². The molecule has 0 bridgehead atoms. The molecule has 0 spiro atoms. The lowest BCUT2D eigenvalue weighted by Crippen LogP contribution is -2.36. The van der Waals surface area contributed by atoms with E-state index in [1.54, 1.807) is 20.0 Å². The van der Waals surface area contributed by atoms with Gasteiger partial charge in [0.15, 0.2) is 5.96 Å². The van der Waals surface area contributed by atoms with Gasteiger partial charge in [-0.2, -0.15) is 0 Å². The molecule has 0 aliphatic carbocycles. The highest BCUT2D eigenvalue weighted by atomic mass is 32.2. The Bertz CT molecular complexity index is 958. The molecule has 0 atom stereocenters. The molecular weight excluding hydrogens is 414 g/mol. The predicted molar refractivity (Wildman–Crippen MR) is 124 cm³/mol. The predicted octanol–water partition coefficient (Wildman–Crippen LogP) is 3.06. The van der Waals surface area contributed by atoms with Gasteiger partial charge in [0.2, 0.25) is 15.9 Å². The van der Waals surface area contributed by atoms with Crippen molar-refractivity contribution in [2.24, 2.45) is 4.99 Å². The molecule has 8 nitrogen and oxygen atoms in total. The maximum Gasteiger partial charge on any atom is 0.216 e. The van der Waals surface area contributed by atoms with Crippen molar-refractivity contribution in [1.82, 2.24) is 20.3 Å². The van der Waals surface area contributed by atoms with Crippen molar-refractivity contribution < 1.29 is 12.8 Å². The molecule has 1 aromatic heterocycles. The van der Waals surface area contributed by atoms with E-state index in [-0.39, 0.29) is 17.2 Å². The van der Waals surface area contributed by atoms with Crippen LogP contribution in [0.15, 0.2) is 39.9 Å². The molecule has 0 aliphatic heterocycles. The molecule has 0 aliphatic rings. The minimum Gasteiger partial charge on any atom is -0.443 e. The van der Waals surface area contributed by atoms with Crippen molar-refractivity contribution in [1.29, 1.82) is 0 Å². The zero-order valence-electron chi connectivity index (χ0n) is 19.3. The first-order valence-electron chi connectivity index (χ1n) is 10.5. The maximum absolute atomic E-state index is 12.1. The van der Waals surface area contributed by atoms with Crippen molar-refractivity contribution in [3.63, 3.8) is 0 Å². The number of aliphatic imine (C=N–C) groups is 1. The minimum absolute atomic E-state index is 0.0361. The first kappa shape index (κ1) is 24.9. The topological polar surface area (TPSA) is 109 Å². The van der Waals surface area contributed by atoms with E-state index in [0.29, 0.717) is 24.9 Å². The van der Waals surface area contributed by atoms with E-state index in [1.807, 2.05) is 31.2 Å². The third-order valence-corrected chi connectivity index (χ3v) is 5.80. The maximum atomic E-state index is 12.1. The van der Waals surface area contributed by atoms with Crippen molar-refractivity contribution in [2.75, 3.05) is 6.54 Å². The molecule has 0 radical (unpaired) electrons. The van der Waals surface area contributed by atoms with E-state index in [9.17, 15) is 8.42 Å². The Labute approximate surface area is 186 Å².